The molecule has 0 atom stereocenters. The maximum absolute atomic E-state index is 12.0. The molecule has 0 aliphatic rings. The Bertz CT molecular complexity index is 767. The molecule has 0 bridgehead atoms. The van der Waals surface area contributed by atoms with Gasteiger partial charge in [-0.25, -0.2) is 9.48 Å². The quantitative estimate of drug-likeness (QED) is 0.777. The number of carbonyl (C=O) groups excluding carboxylic acids is 1. The van der Waals surface area contributed by atoms with Crippen LogP contribution in [-0.4, -0.2) is 26.2 Å². The molecular formula is C15H14N6O. The molecule has 110 valence electrons. The van der Waals surface area contributed by atoms with Crippen LogP contribution < -0.4 is 10.6 Å². The Balaban J connectivity index is 1.66. The van der Waals surface area contributed by atoms with Gasteiger partial charge in [-0.15, -0.1) is 5.10 Å². The van der Waals surface area contributed by atoms with Crippen molar-refractivity contribution >= 4 is 17.4 Å². The maximum atomic E-state index is 12.0. The van der Waals surface area contributed by atoms with Gasteiger partial charge in [0.15, 0.2) is 0 Å². The lowest BCUT2D eigenvalue weighted by Crippen LogP contribution is -2.19. The van der Waals surface area contributed by atoms with Crippen LogP contribution in [0.4, 0.5) is 16.2 Å². The molecule has 0 spiro atoms. The van der Waals surface area contributed by atoms with E-state index in [2.05, 4.69) is 26.2 Å². The second-order valence-corrected chi connectivity index (χ2v) is 4.70. The summed E-state index contributed by atoms with van der Waals surface area (Å²) in [6.07, 6.45) is 1.51. The van der Waals surface area contributed by atoms with Gasteiger partial charge in [0.05, 0.1) is 5.69 Å². The highest BCUT2D eigenvalue weighted by molar-refractivity contribution is 6.00. The van der Waals surface area contributed by atoms with Crippen LogP contribution in [0.2, 0.25) is 0 Å². The fourth-order valence-electron chi connectivity index (χ4n) is 1.97. The number of para-hydroxylation sites is 1. The summed E-state index contributed by atoms with van der Waals surface area (Å²) in [5, 5.41) is 16.5. The lowest BCUT2D eigenvalue weighted by Gasteiger charge is -2.10. The van der Waals surface area contributed by atoms with E-state index in [4.69, 9.17) is 0 Å². The van der Waals surface area contributed by atoms with E-state index in [1.807, 2.05) is 43.3 Å². The second-order valence-electron chi connectivity index (χ2n) is 4.70. The normalized spacial score (nSPS) is 10.2. The number of hydrogen-bond acceptors (Lipinski definition) is 4. The molecule has 0 aliphatic carbocycles. The highest BCUT2D eigenvalue weighted by Crippen LogP contribution is 2.15. The molecule has 0 saturated heterocycles. The van der Waals surface area contributed by atoms with Crippen molar-refractivity contribution in [2.45, 2.75) is 6.92 Å². The highest BCUT2D eigenvalue weighted by Gasteiger charge is 2.05. The van der Waals surface area contributed by atoms with E-state index in [0.717, 1.165) is 16.9 Å². The number of anilines is 2. The zero-order chi connectivity index (χ0) is 15.4. The first-order chi connectivity index (χ1) is 10.7. The van der Waals surface area contributed by atoms with Gasteiger partial charge in [-0.3, -0.25) is 0 Å². The number of benzene rings is 2. The van der Waals surface area contributed by atoms with Crippen LogP contribution in [0.15, 0.2) is 54.9 Å². The van der Waals surface area contributed by atoms with Gasteiger partial charge >= 0.3 is 6.03 Å². The number of aromatic nitrogens is 4. The molecule has 2 amide bonds. The minimum atomic E-state index is -0.288. The van der Waals surface area contributed by atoms with Crippen molar-refractivity contribution in [3.05, 3.63) is 60.4 Å². The van der Waals surface area contributed by atoms with Crippen molar-refractivity contribution in [1.82, 2.24) is 20.2 Å². The minimum absolute atomic E-state index is 0.288. The van der Waals surface area contributed by atoms with Crippen LogP contribution in [0, 0.1) is 6.92 Å². The molecule has 2 aromatic carbocycles. The van der Waals surface area contributed by atoms with Crippen LogP contribution in [0.5, 0.6) is 0 Å². The van der Waals surface area contributed by atoms with Crippen molar-refractivity contribution in [3.8, 4) is 5.69 Å². The van der Waals surface area contributed by atoms with Crippen molar-refractivity contribution in [2.75, 3.05) is 10.6 Å². The number of carbonyl (C=O) groups is 1. The fraction of sp³-hybridized carbons (Fsp3) is 0.0667. The Hall–Kier alpha value is -3.22. The van der Waals surface area contributed by atoms with Gasteiger partial charge in [0.1, 0.15) is 6.33 Å². The van der Waals surface area contributed by atoms with Gasteiger partial charge in [0.25, 0.3) is 0 Å². The number of rotatable bonds is 3. The number of amides is 2. The molecule has 7 heteroatoms. The van der Waals surface area contributed by atoms with E-state index in [0.29, 0.717) is 5.69 Å². The first kappa shape index (κ1) is 13.7. The van der Waals surface area contributed by atoms with E-state index < -0.39 is 0 Å². The van der Waals surface area contributed by atoms with Crippen molar-refractivity contribution in [1.29, 1.82) is 0 Å². The van der Waals surface area contributed by atoms with Crippen LogP contribution in [0.3, 0.4) is 0 Å². The average molecular weight is 294 g/mol. The maximum Gasteiger partial charge on any atom is 0.323 e. The Morgan fingerprint density at radius 3 is 2.50 bits per heavy atom. The lowest BCUT2D eigenvalue weighted by molar-refractivity contribution is 0.262. The fourth-order valence-corrected chi connectivity index (χ4v) is 1.97. The number of nitrogens with one attached hydrogen (secondary N) is 2. The topological polar surface area (TPSA) is 84.7 Å². The molecule has 7 nitrogen and oxygen atoms in total. The van der Waals surface area contributed by atoms with E-state index in [1.165, 1.54) is 11.0 Å². The molecule has 0 aliphatic heterocycles. The molecule has 0 saturated carbocycles. The van der Waals surface area contributed by atoms with Gasteiger partial charge in [0, 0.05) is 11.4 Å². The summed E-state index contributed by atoms with van der Waals surface area (Å²) in [6.45, 7) is 1.94. The van der Waals surface area contributed by atoms with Gasteiger partial charge in [-0.1, -0.05) is 18.2 Å². The summed E-state index contributed by atoms with van der Waals surface area (Å²) in [5.74, 6) is 0. The van der Waals surface area contributed by atoms with Gasteiger partial charge < -0.3 is 10.6 Å². The summed E-state index contributed by atoms with van der Waals surface area (Å²) < 4.78 is 1.54. The number of hydrogen-bond donors (Lipinski definition) is 2. The SMILES string of the molecule is Cc1ccccc1NC(=O)Nc1ccc(-n2cnnn2)cc1. The van der Waals surface area contributed by atoms with Gasteiger partial charge in [-0.2, -0.15) is 0 Å². The number of urea groups is 1. The van der Waals surface area contributed by atoms with Crippen molar-refractivity contribution in [2.24, 2.45) is 0 Å². The molecule has 0 radical (unpaired) electrons. The van der Waals surface area contributed by atoms with E-state index in [-0.39, 0.29) is 6.03 Å². The molecule has 3 rings (SSSR count). The first-order valence-electron chi connectivity index (χ1n) is 6.69. The van der Waals surface area contributed by atoms with Crippen LogP contribution in [-0.2, 0) is 0 Å². The smallest absolute Gasteiger partial charge is 0.308 e. The van der Waals surface area contributed by atoms with E-state index in [1.54, 1.807) is 12.1 Å². The Labute approximate surface area is 127 Å². The van der Waals surface area contributed by atoms with E-state index >= 15 is 0 Å². The second kappa shape index (κ2) is 6.04. The van der Waals surface area contributed by atoms with Gasteiger partial charge in [-0.05, 0) is 53.2 Å². The van der Waals surface area contributed by atoms with Crippen LogP contribution >= 0.6 is 0 Å². The zero-order valence-electron chi connectivity index (χ0n) is 11.9. The summed E-state index contributed by atoms with van der Waals surface area (Å²) >= 11 is 0. The number of aryl methyl sites for hydroxylation is 1. The summed E-state index contributed by atoms with van der Waals surface area (Å²) in [4.78, 5) is 12.0. The third-order valence-corrected chi connectivity index (χ3v) is 3.13. The average Bonchev–Trinajstić information content (AvgIpc) is 3.05. The minimum Gasteiger partial charge on any atom is -0.308 e. The molecule has 0 unspecified atom stereocenters. The third-order valence-electron chi connectivity index (χ3n) is 3.13. The van der Waals surface area contributed by atoms with Crippen LogP contribution in [0.25, 0.3) is 5.69 Å². The molecule has 2 N–H and O–H groups in total. The van der Waals surface area contributed by atoms with Crippen molar-refractivity contribution < 1.29 is 4.79 Å². The predicted molar refractivity (Wildman–Crippen MR) is 83.0 cm³/mol. The van der Waals surface area contributed by atoms with E-state index in [9.17, 15) is 4.79 Å². The van der Waals surface area contributed by atoms with Crippen LogP contribution in [0.1, 0.15) is 5.56 Å². The molecule has 1 heterocycles. The highest BCUT2D eigenvalue weighted by atomic mass is 16.2. The Morgan fingerprint density at radius 2 is 1.82 bits per heavy atom. The zero-order valence-corrected chi connectivity index (χ0v) is 11.9. The summed E-state index contributed by atoms with van der Waals surface area (Å²) in [7, 11) is 0. The summed E-state index contributed by atoms with van der Waals surface area (Å²) in [5.41, 5.74) is 3.29. The lowest BCUT2D eigenvalue weighted by atomic mass is 10.2. The molecular weight excluding hydrogens is 280 g/mol. The Morgan fingerprint density at radius 1 is 1.05 bits per heavy atom. The predicted octanol–water partition coefficient (Wildman–Crippen LogP) is 2.61. The first-order valence-corrected chi connectivity index (χ1v) is 6.69. The summed E-state index contributed by atoms with van der Waals surface area (Å²) in [6, 6.07) is 14.5. The number of nitrogens with zero attached hydrogens (tertiary/aromatic N) is 4. The Kier molecular flexibility index (Phi) is 3.78. The largest absolute Gasteiger partial charge is 0.323 e. The number of tetrazole rings is 1. The third kappa shape index (κ3) is 3.09. The molecule has 22 heavy (non-hydrogen) atoms. The molecule has 1 aromatic heterocycles. The monoisotopic (exact) mass is 294 g/mol. The van der Waals surface area contributed by atoms with Gasteiger partial charge in [0.2, 0.25) is 0 Å². The molecule has 3 aromatic rings. The molecule has 0 fully saturated rings. The van der Waals surface area contributed by atoms with Crippen molar-refractivity contribution in [3.63, 3.8) is 0 Å². The standard InChI is InChI=1S/C15H14N6O/c1-11-4-2-3-5-14(11)18-15(22)17-12-6-8-13(9-7-12)21-10-16-19-20-21/h2-10H,1H3,(H2,17,18,22).